The molecule has 0 aromatic rings. The van der Waals surface area contributed by atoms with Gasteiger partial charge in [0.15, 0.2) is 0 Å². The monoisotopic (exact) mass is 373 g/mol. The Morgan fingerprint density at radius 2 is 1.65 bits per heavy atom. The van der Waals surface area contributed by atoms with Gasteiger partial charge in [-0.15, -0.1) is 0 Å². The molecule has 1 saturated heterocycles. The van der Waals surface area contributed by atoms with Gasteiger partial charge in [0.25, 0.3) is 0 Å². The molecule has 1 amide bonds. The average molecular weight is 373 g/mol. The number of unbranched alkanes of at least 4 members (excludes halogenated alkanes) is 3. The highest BCUT2D eigenvalue weighted by Gasteiger charge is 2.21. The van der Waals surface area contributed by atoms with Crippen molar-refractivity contribution in [3.63, 3.8) is 0 Å². The summed E-state index contributed by atoms with van der Waals surface area (Å²) in [4.78, 5) is 31.2. The zero-order valence-corrected chi connectivity index (χ0v) is 15.6. The van der Waals surface area contributed by atoms with Gasteiger partial charge >= 0.3 is 11.9 Å². The summed E-state index contributed by atoms with van der Waals surface area (Å²) in [6.07, 6.45) is 9.15. The van der Waals surface area contributed by atoms with Crippen LogP contribution in [-0.2, 0) is 14.4 Å². The molecule has 0 aliphatic carbocycles. The standard InChI is InChI=1S/C12H25N3O.C6H10O4/c13-9-5-1-2-6-10(14)11-7-3-4-8-12(16)15-11;7-5(8)3-1-2-4-6(9)10/h10-11H,1-9,13-14H2,(H,15,16);1-4H2,(H,7,8)(H,9,10). The van der Waals surface area contributed by atoms with Gasteiger partial charge in [-0.2, -0.15) is 0 Å². The second-order valence-electron chi connectivity index (χ2n) is 6.72. The average Bonchev–Trinajstić information content (AvgIpc) is 2.80. The fourth-order valence-electron chi connectivity index (χ4n) is 2.78. The van der Waals surface area contributed by atoms with Crippen molar-refractivity contribution in [1.82, 2.24) is 5.32 Å². The molecule has 0 aromatic carbocycles. The second-order valence-corrected chi connectivity index (χ2v) is 6.72. The first-order valence-electron chi connectivity index (χ1n) is 9.55. The predicted octanol–water partition coefficient (Wildman–Crippen LogP) is 1.61. The van der Waals surface area contributed by atoms with Crippen molar-refractivity contribution in [3.05, 3.63) is 0 Å². The molecular weight excluding hydrogens is 338 g/mol. The minimum atomic E-state index is -0.870. The lowest BCUT2D eigenvalue weighted by molar-refractivity contribution is -0.139. The van der Waals surface area contributed by atoms with E-state index in [-0.39, 0.29) is 30.8 Å². The maximum atomic E-state index is 11.4. The van der Waals surface area contributed by atoms with Crippen LogP contribution in [0.25, 0.3) is 0 Å². The summed E-state index contributed by atoms with van der Waals surface area (Å²) in [5.41, 5.74) is 11.6. The maximum absolute atomic E-state index is 11.4. The van der Waals surface area contributed by atoms with Crippen LogP contribution in [0.2, 0.25) is 0 Å². The molecule has 2 unspecified atom stereocenters. The molecule has 0 aromatic heterocycles. The van der Waals surface area contributed by atoms with Gasteiger partial charge in [0.05, 0.1) is 0 Å². The molecule has 8 heteroatoms. The SMILES string of the molecule is NCCCCCC(N)C1CCCCC(=O)N1.O=C(O)CCCCC(=O)O. The third-order valence-corrected chi connectivity index (χ3v) is 4.31. The van der Waals surface area contributed by atoms with Crippen LogP contribution >= 0.6 is 0 Å². The van der Waals surface area contributed by atoms with Crippen molar-refractivity contribution in [2.24, 2.45) is 11.5 Å². The third kappa shape index (κ3) is 14.7. The smallest absolute Gasteiger partial charge is 0.303 e. The van der Waals surface area contributed by atoms with Crippen LogP contribution in [0.3, 0.4) is 0 Å². The summed E-state index contributed by atoms with van der Waals surface area (Å²) in [7, 11) is 0. The first kappa shape index (κ1) is 24.3. The van der Waals surface area contributed by atoms with Crippen molar-refractivity contribution in [2.45, 2.75) is 89.1 Å². The van der Waals surface area contributed by atoms with Gasteiger partial charge in [0, 0.05) is 31.3 Å². The molecule has 0 bridgehead atoms. The van der Waals surface area contributed by atoms with E-state index in [2.05, 4.69) is 5.32 Å². The number of carboxylic acid groups (broad SMARTS) is 2. The molecule has 1 rings (SSSR count). The van der Waals surface area contributed by atoms with E-state index >= 15 is 0 Å². The van der Waals surface area contributed by atoms with Gasteiger partial charge in [0.2, 0.25) is 5.91 Å². The van der Waals surface area contributed by atoms with Crippen molar-refractivity contribution >= 4 is 17.8 Å². The van der Waals surface area contributed by atoms with E-state index in [9.17, 15) is 14.4 Å². The molecule has 2 atom stereocenters. The summed E-state index contributed by atoms with van der Waals surface area (Å²) in [5, 5.41) is 19.3. The van der Waals surface area contributed by atoms with Crippen LogP contribution in [0.1, 0.15) is 77.0 Å². The second kappa shape index (κ2) is 15.6. The van der Waals surface area contributed by atoms with Crippen molar-refractivity contribution in [1.29, 1.82) is 0 Å². The summed E-state index contributed by atoms with van der Waals surface area (Å²) < 4.78 is 0. The molecule has 152 valence electrons. The Kier molecular flexibility index (Phi) is 14.6. The lowest BCUT2D eigenvalue weighted by Gasteiger charge is -2.23. The van der Waals surface area contributed by atoms with Gasteiger partial charge in [-0.05, 0) is 45.1 Å². The van der Waals surface area contributed by atoms with Crippen LogP contribution in [0, 0.1) is 0 Å². The summed E-state index contributed by atoms with van der Waals surface area (Å²) >= 11 is 0. The van der Waals surface area contributed by atoms with E-state index in [1.54, 1.807) is 0 Å². The van der Waals surface area contributed by atoms with Gasteiger partial charge in [-0.1, -0.05) is 19.3 Å². The highest BCUT2D eigenvalue weighted by molar-refractivity contribution is 5.76. The number of hydrogen-bond acceptors (Lipinski definition) is 5. The van der Waals surface area contributed by atoms with E-state index in [1.165, 1.54) is 0 Å². The molecule has 0 spiro atoms. The number of carbonyl (C=O) groups excluding carboxylic acids is 1. The quantitative estimate of drug-likeness (QED) is 0.344. The molecule has 26 heavy (non-hydrogen) atoms. The molecule has 1 aliphatic rings. The Balaban J connectivity index is 0.000000541. The van der Waals surface area contributed by atoms with Crippen molar-refractivity contribution in [3.8, 4) is 0 Å². The predicted molar refractivity (Wildman–Crippen MR) is 99.6 cm³/mol. The molecular formula is C18H35N3O5. The van der Waals surface area contributed by atoms with Gasteiger partial charge < -0.3 is 27.0 Å². The van der Waals surface area contributed by atoms with Crippen molar-refractivity contribution in [2.75, 3.05) is 6.54 Å². The van der Waals surface area contributed by atoms with Crippen LogP contribution < -0.4 is 16.8 Å². The molecule has 7 N–H and O–H groups in total. The topological polar surface area (TPSA) is 156 Å². The molecule has 0 radical (unpaired) electrons. The Morgan fingerprint density at radius 3 is 2.19 bits per heavy atom. The van der Waals surface area contributed by atoms with E-state index in [4.69, 9.17) is 21.7 Å². The Bertz CT molecular complexity index is 402. The zero-order chi connectivity index (χ0) is 19.8. The van der Waals surface area contributed by atoms with E-state index in [1.807, 2.05) is 0 Å². The molecule has 0 saturated carbocycles. The molecule has 1 fully saturated rings. The first-order chi connectivity index (χ1) is 12.4. The number of amides is 1. The number of hydrogen-bond donors (Lipinski definition) is 5. The van der Waals surface area contributed by atoms with Crippen molar-refractivity contribution < 1.29 is 24.6 Å². The highest BCUT2D eigenvalue weighted by Crippen LogP contribution is 2.14. The van der Waals surface area contributed by atoms with Gasteiger partial charge in [-0.3, -0.25) is 14.4 Å². The van der Waals surface area contributed by atoms with E-state index in [0.717, 1.165) is 51.5 Å². The third-order valence-electron chi connectivity index (χ3n) is 4.31. The minimum Gasteiger partial charge on any atom is -0.481 e. The van der Waals surface area contributed by atoms with Gasteiger partial charge in [-0.25, -0.2) is 0 Å². The van der Waals surface area contributed by atoms with E-state index < -0.39 is 11.9 Å². The summed E-state index contributed by atoms with van der Waals surface area (Å²) in [6, 6.07) is 0.299. The molecule has 8 nitrogen and oxygen atoms in total. The lowest BCUT2D eigenvalue weighted by atomic mass is 9.98. The number of carboxylic acids is 2. The normalized spacial score (nSPS) is 18.1. The first-order valence-corrected chi connectivity index (χ1v) is 9.55. The summed E-state index contributed by atoms with van der Waals surface area (Å²) in [5.74, 6) is -1.57. The fourth-order valence-corrected chi connectivity index (χ4v) is 2.78. The molecule has 1 aliphatic heterocycles. The Morgan fingerprint density at radius 1 is 1.04 bits per heavy atom. The summed E-state index contributed by atoms with van der Waals surface area (Å²) in [6.45, 7) is 0.759. The zero-order valence-electron chi connectivity index (χ0n) is 15.6. The number of nitrogens with one attached hydrogen (secondary N) is 1. The van der Waals surface area contributed by atoms with Crippen LogP contribution in [-0.4, -0.2) is 46.7 Å². The Hall–Kier alpha value is -1.67. The molecule has 1 heterocycles. The largest absolute Gasteiger partial charge is 0.481 e. The number of aliphatic carboxylic acids is 2. The highest BCUT2D eigenvalue weighted by atomic mass is 16.4. The van der Waals surface area contributed by atoms with Gasteiger partial charge in [0.1, 0.15) is 0 Å². The van der Waals surface area contributed by atoms with Crippen LogP contribution in [0.5, 0.6) is 0 Å². The fraction of sp³-hybridized carbons (Fsp3) is 0.833. The van der Waals surface area contributed by atoms with E-state index in [0.29, 0.717) is 19.3 Å². The number of carbonyl (C=O) groups is 3. The van der Waals surface area contributed by atoms with Crippen LogP contribution in [0.4, 0.5) is 0 Å². The number of nitrogens with two attached hydrogens (primary N) is 2. The van der Waals surface area contributed by atoms with Crippen LogP contribution in [0.15, 0.2) is 0 Å². The minimum absolute atomic E-state index is 0.0628. The number of rotatable bonds is 11. The maximum Gasteiger partial charge on any atom is 0.303 e. The lowest BCUT2D eigenvalue weighted by Crippen LogP contribution is -2.46. The Labute approximate surface area is 155 Å².